The molecule has 1 unspecified atom stereocenters. The summed E-state index contributed by atoms with van der Waals surface area (Å²) >= 11 is 0. The van der Waals surface area contributed by atoms with Crippen LogP contribution in [0.3, 0.4) is 0 Å². The number of hydrogen-bond acceptors (Lipinski definition) is 6. The summed E-state index contributed by atoms with van der Waals surface area (Å²) in [5.41, 5.74) is 3.59. The van der Waals surface area contributed by atoms with Crippen molar-refractivity contribution in [3.8, 4) is 0 Å². The number of benzene rings is 2. The third-order valence-corrected chi connectivity index (χ3v) is 8.15. The van der Waals surface area contributed by atoms with E-state index in [-0.39, 0.29) is 40.2 Å². The van der Waals surface area contributed by atoms with Crippen LogP contribution in [0, 0.1) is 20.8 Å². The van der Waals surface area contributed by atoms with Crippen LogP contribution in [-0.2, 0) is 14.6 Å². The normalized spacial score (nSPS) is 16.7. The standard InChI is InChI=1S/C27H27NO6S/c1-17-8-10-20(11-9-17)26(30)22-6-4-5-7-23(22)27(31)34-15-25(29)24-14-18(2)28(19(24)3)21-12-13-35(32,33)16-21/h4-11,14,21H,12-13,15-16H2,1-3H3. The quantitative estimate of drug-likeness (QED) is 0.364. The topological polar surface area (TPSA) is 99.5 Å². The van der Waals surface area contributed by atoms with E-state index in [0.29, 0.717) is 23.2 Å². The molecule has 1 aromatic heterocycles. The van der Waals surface area contributed by atoms with Crippen molar-refractivity contribution in [1.82, 2.24) is 4.57 Å². The molecule has 8 heteroatoms. The molecule has 0 aliphatic carbocycles. The second-order valence-electron chi connectivity index (χ2n) is 8.95. The molecule has 182 valence electrons. The predicted molar refractivity (Wildman–Crippen MR) is 132 cm³/mol. The summed E-state index contributed by atoms with van der Waals surface area (Å²) in [6.45, 7) is 5.03. The molecule has 0 saturated carbocycles. The van der Waals surface area contributed by atoms with Crippen LogP contribution in [0.25, 0.3) is 0 Å². The maximum atomic E-state index is 13.0. The van der Waals surface area contributed by atoms with Crippen molar-refractivity contribution < 1.29 is 27.5 Å². The number of sulfone groups is 1. The van der Waals surface area contributed by atoms with Crippen molar-refractivity contribution in [3.63, 3.8) is 0 Å². The second kappa shape index (κ2) is 9.62. The van der Waals surface area contributed by atoms with Gasteiger partial charge >= 0.3 is 5.97 Å². The number of ether oxygens (including phenoxy) is 1. The van der Waals surface area contributed by atoms with Gasteiger partial charge in [0.25, 0.3) is 0 Å². The monoisotopic (exact) mass is 493 g/mol. The maximum absolute atomic E-state index is 13.0. The molecule has 0 spiro atoms. The van der Waals surface area contributed by atoms with Crippen LogP contribution in [0.2, 0.25) is 0 Å². The molecule has 2 heterocycles. The second-order valence-corrected chi connectivity index (χ2v) is 11.2. The number of ketones is 2. The highest BCUT2D eigenvalue weighted by molar-refractivity contribution is 7.91. The molecule has 1 fully saturated rings. The first-order valence-corrected chi connectivity index (χ1v) is 13.2. The van der Waals surface area contributed by atoms with Gasteiger partial charge in [-0.25, -0.2) is 13.2 Å². The van der Waals surface area contributed by atoms with Crippen LogP contribution in [0.1, 0.15) is 66.1 Å². The Balaban J connectivity index is 1.49. The smallest absolute Gasteiger partial charge is 0.339 e. The lowest BCUT2D eigenvalue weighted by atomic mass is 9.98. The third-order valence-electron chi connectivity index (χ3n) is 6.40. The fourth-order valence-corrected chi connectivity index (χ4v) is 6.31. The van der Waals surface area contributed by atoms with E-state index in [0.717, 1.165) is 11.3 Å². The Morgan fingerprint density at radius 3 is 2.23 bits per heavy atom. The maximum Gasteiger partial charge on any atom is 0.339 e. The molecular weight excluding hydrogens is 466 g/mol. The molecule has 2 aromatic carbocycles. The van der Waals surface area contributed by atoms with Gasteiger partial charge in [0.05, 0.1) is 17.1 Å². The van der Waals surface area contributed by atoms with Crippen molar-refractivity contribution >= 4 is 27.4 Å². The number of hydrogen-bond donors (Lipinski definition) is 0. The highest BCUT2D eigenvalue weighted by Crippen LogP contribution is 2.29. The van der Waals surface area contributed by atoms with Crippen molar-refractivity contribution in [1.29, 1.82) is 0 Å². The van der Waals surface area contributed by atoms with Crippen LogP contribution < -0.4 is 0 Å². The Bertz CT molecular complexity index is 1420. The molecule has 7 nitrogen and oxygen atoms in total. The molecule has 0 radical (unpaired) electrons. The lowest BCUT2D eigenvalue weighted by Crippen LogP contribution is -2.18. The van der Waals surface area contributed by atoms with Gasteiger partial charge in [-0.1, -0.05) is 48.0 Å². The molecular formula is C27H27NO6S. The van der Waals surface area contributed by atoms with Gasteiger partial charge in [-0.05, 0) is 39.3 Å². The number of rotatable bonds is 7. The minimum atomic E-state index is -3.08. The fourth-order valence-electron chi connectivity index (χ4n) is 4.61. The van der Waals surface area contributed by atoms with Crippen LogP contribution in [-0.4, -0.2) is 48.6 Å². The lowest BCUT2D eigenvalue weighted by Gasteiger charge is -2.16. The average Bonchev–Trinajstić information content (AvgIpc) is 3.34. The Kier molecular flexibility index (Phi) is 6.76. The number of aryl methyl sites for hydroxylation is 2. The number of carbonyl (C=O) groups excluding carboxylic acids is 3. The third kappa shape index (κ3) is 5.12. The zero-order valence-electron chi connectivity index (χ0n) is 19.9. The highest BCUT2D eigenvalue weighted by atomic mass is 32.2. The van der Waals surface area contributed by atoms with Crippen molar-refractivity contribution in [2.45, 2.75) is 33.2 Å². The van der Waals surface area contributed by atoms with Gasteiger partial charge in [-0.15, -0.1) is 0 Å². The van der Waals surface area contributed by atoms with Gasteiger partial charge < -0.3 is 9.30 Å². The summed E-state index contributed by atoms with van der Waals surface area (Å²) in [5.74, 6) is -1.27. The van der Waals surface area contributed by atoms with E-state index in [2.05, 4.69) is 0 Å². The van der Waals surface area contributed by atoms with E-state index in [1.807, 2.05) is 30.5 Å². The van der Waals surface area contributed by atoms with Gasteiger partial charge in [-0.2, -0.15) is 0 Å². The van der Waals surface area contributed by atoms with E-state index in [1.165, 1.54) is 6.07 Å². The number of Topliss-reactive ketones (excluding diaryl/α,β-unsaturated/α-hetero) is 1. The molecule has 1 saturated heterocycles. The van der Waals surface area contributed by atoms with Crippen LogP contribution in [0.5, 0.6) is 0 Å². The van der Waals surface area contributed by atoms with Crippen molar-refractivity contribution in [3.05, 3.63) is 93.8 Å². The molecule has 1 aliphatic rings. The Morgan fingerprint density at radius 1 is 0.943 bits per heavy atom. The molecule has 1 aliphatic heterocycles. The van der Waals surface area contributed by atoms with Gasteiger partial charge in [0.2, 0.25) is 5.78 Å². The average molecular weight is 494 g/mol. The first-order chi connectivity index (χ1) is 16.6. The van der Waals surface area contributed by atoms with Gasteiger partial charge in [0.15, 0.2) is 22.2 Å². The van der Waals surface area contributed by atoms with Crippen molar-refractivity contribution in [2.24, 2.45) is 0 Å². The predicted octanol–water partition coefficient (Wildman–Crippen LogP) is 4.04. The van der Waals surface area contributed by atoms with Gasteiger partial charge in [0.1, 0.15) is 0 Å². The summed E-state index contributed by atoms with van der Waals surface area (Å²) in [6.07, 6.45) is 0.507. The minimum absolute atomic E-state index is 0.0533. The van der Waals surface area contributed by atoms with Crippen LogP contribution in [0.4, 0.5) is 0 Å². The summed E-state index contributed by atoms with van der Waals surface area (Å²) < 4.78 is 31.0. The summed E-state index contributed by atoms with van der Waals surface area (Å²) in [5, 5.41) is 0. The van der Waals surface area contributed by atoms with E-state index < -0.39 is 22.4 Å². The van der Waals surface area contributed by atoms with E-state index in [4.69, 9.17) is 4.74 Å². The Labute approximate surface area is 204 Å². The first kappa shape index (κ1) is 24.6. The number of carbonyl (C=O) groups is 3. The largest absolute Gasteiger partial charge is 0.454 e. The van der Waals surface area contributed by atoms with E-state index in [1.54, 1.807) is 43.3 Å². The molecule has 0 amide bonds. The van der Waals surface area contributed by atoms with E-state index >= 15 is 0 Å². The molecule has 0 N–H and O–H groups in total. The van der Waals surface area contributed by atoms with E-state index in [9.17, 15) is 22.8 Å². The number of aromatic nitrogens is 1. The Morgan fingerprint density at radius 2 is 1.60 bits per heavy atom. The minimum Gasteiger partial charge on any atom is -0.454 e. The zero-order chi connectivity index (χ0) is 25.3. The number of nitrogens with zero attached hydrogens (tertiary/aromatic N) is 1. The van der Waals surface area contributed by atoms with Gasteiger partial charge in [-0.3, -0.25) is 9.59 Å². The summed E-state index contributed by atoms with van der Waals surface area (Å²) in [7, 11) is -3.08. The Hall–Kier alpha value is -3.52. The van der Waals surface area contributed by atoms with Crippen LogP contribution >= 0.6 is 0 Å². The summed E-state index contributed by atoms with van der Waals surface area (Å²) in [4.78, 5) is 38.7. The highest BCUT2D eigenvalue weighted by Gasteiger charge is 2.32. The summed E-state index contributed by atoms with van der Waals surface area (Å²) in [6, 6.07) is 14.9. The zero-order valence-corrected chi connectivity index (χ0v) is 20.7. The first-order valence-electron chi connectivity index (χ1n) is 11.4. The lowest BCUT2D eigenvalue weighted by molar-refractivity contribution is 0.0472. The molecule has 0 bridgehead atoms. The molecule has 35 heavy (non-hydrogen) atoms. The molecule has 4 rings (SSSR count). The molecule has 3 aromatic rings. The van der Waals surface area contributed by atoms with Gasteiger partial charge in [0, 0.05) is 34.1 Å². The fraction of sp³-hybridized carbons (Fsp3) is 0.296. The SMILES string of the molecule is Cc1ccc(C(=O)c2ccccc2C(=O)OCC(=O)c2cc(C)n(C3CCS(=O)(=O)C3)c2C)cc1. The molecule has 1 atom stereocenters. The van der Waals surface area contributed by atoms with Crippen LogP contribution in [0.15, 0.2) is 54.6 Å². The number of esters is 1. The van der Waals surface area contributed by atoms with Crippen molar-refractivity contribution in [2.75, 3.05) is 18.1 Å².